The van der Waals surface area contributed by atoms with Crippen molar-refractivity contribution in [2.24, 2.45) is 0 Å². The fourth-order valence-electron chi connectivity index (χ4n) is 4.35. The smallest absolute Gasteiger partial charge is 0.287 e. The number of hydrogen-bond acceptors (Lipinski definition) is 5. The zero-order chi connectivity index (χ0) is 20.3. The predicted molar refractivity (Wildman–Crippen MR) is 108 cm³/mol. The normalized spacial score (nSPS) is 22.1. The average Bonchev–Trinajstić information content (AvgIpc) is 3.39. The molecule has 3 heterocycles. The minimum atomic E-state index is -1.35. The van der Waals surface area contributed by atoms with E-state index in [1.54, 1.807) is 0 Å². The molecular weight excluding hydrogens is 382 g/mol. The van der Waals surface area contributed by atoms with Gasteiger partial charge < -0.3 is 10.1 Å². The maximum Gasteiger partial charge on any atom is 0.287 e. The Morgan fingerprint density at radius 1 is 0.900 bits per heavy atom. The van der Waals surface area contributed by atoms with Crippen LogP contribution in [0.25, 0.3) is 10.8 Å². The molecule has 4 aromatic rings. The number of hydrogen-bond donors (Lipinski definition) is 1. The fraction of sp³-hybridized carbons (Fsp3) is 0.0909. The summed E-state index contributed by atoms with van der Waals surface area (Å²) in [4.78, 5) is 26.4. The highest BCUT2D eigenvalue weighted by Gasteiger charge is 2.72. The van der Waals surface area contributed by atoms with E-state index in [-0.39, 0.29) is 11.8 Å². The molecule has 0 aliphatic carbocycles. The van der Waals surface area contributed by atoms with E-state index in [9.17, 15) is 9.59 Å². The van der Waals surface area contributed by atoms with E-state index < -0.39 is 11.6 Å². The molecule has 1 saturated heterocycles. The molecule has 3 aromatic carbocycles. The monoisotopic (exact) mass is 397 g/mol. The van der Waals surface area contributed by atoms with Crippen LogP contribution in [-0.2, 0) is 15.1 Å². The van der Waals surface area contributed by atoms with Gasteiger partial charge in [-0.1, -0.05) is 48.5 Å². The molecule has 8 nitrogen and oxygen atoms in total. The summed E-state index contributed by atoms with van der Waals surface area (Å²) in [5.74, 6) is -0.162. The van der Waals surface area contributed by atoms with Gasteiger partial charge in [0.15, 0.2) is 0 Å². The first kappa shape index (κ1) is 16.7. The van der Waals surface area contributed by atoms with E-state index in [0.717, 1.165) is 10.8 Å². The summed E-state index contributed by atoms with van der Waals surface area (Å²) in [5, 5.41) is 13.9. The molecule has 2 atom stereocenters. The van der Waals surface area contributed by atoms with Crippen LogP contribution in [0.4, 0.5) is 5.69 Å². The molecule has 1 fully saturated rings. The predicted octanol–water partition coefficient (Wildman–Crippen LogP) is 2.20. The Kier molecular flexibility index (Phi) is 3.29. The van der Waals surface area contributed by atoms with Crippen LogP contribution in [-0.4, -0.2) is 32.8 Å². The maximum atomic E-state index is 13.3. The Bertz CT molecular complexity index is 1320. The molecule has 2 aliphatic heterocycles. The molecule has 1 spiro atoms. The first-order valence-electron chi connectivity index (χ1n) is 9.45. The van der Waals surface area contributed by atoms with Gasteiger partial charge in [-0.15, -0.1) is 10.2 Å². The number of carbonyl (C=O) groups excluding carboxylic acids is 2. The van der Waals surface area contributed by atoms with Crippen molar-refractivity contribution in [3.8, 4) is 5.75 Å². The summed E-state index contributed by atoms with van der Waals surface area (Å²) in [6, 6.07) is 20.8. The molecule has 8 heteroatoms. The molecule has 0 saturated carbocycles. The number of carbonyl (C=O) groups is 2. The number of fused-ring (bicyclic) bond motifs is 3. The molecule has 6 rings (SSSR count). The topological polar surface area (TPSA) is 89.4 Å². The molecule has 2 aliphatic rings. The van der Waals surface area contributed by atoms with Gasteiger partial charge in [0.2, 0.25) is 11.6 Å². The summed E-state index contributed by atoms with van der Waals surface area (Å²) in [6.07, 6.45) is 1.75. The number of amides is 2. The average molecular weight is 397 g/mol. The van der Waals surface area contributed by atoms with Crippen molar-refractivity contribution in [1.82, 2.24) is 14.9 Å². The van der Waals surface area contributed by atoms with E-state index in [0.29, 0.717) is 17.0 Å². The van der Waals surface area contributed by atoms with Crippen molar-refractivity contribution in [2.75, 3.05) is 10.3 Å². The molecule has 0 bridgehead atoms. The third-order valence-electron chi connectivity index (χ3n) is 5.69. The molecule has 1 aromatic heterocycles. The van der Waals surface area contributed by atoms with E-state index >= 15 is 0 Å². The van der Waals surface area contributed by atoms with E-state index in [1.807, 2.05) is 66.7 Å². The number of rotatable bonds is 3. The Morgan fingerprint density at radius 3 is 2.47 bits per heavy atom. The Hall–Kier alpha value is -4.20. The van der Waals surface area contributed by atoms with Gasteiger partial charge in [-0.2, -0.15) is 0 Å². The molecule has 0 radical (unpaired) electrons. The maximum absolute atomic E-state index is 13.3. The quantitative estimate of drug-likeness (QED) is 0.536. The Balaban J connectivity index is 1.48. The van der Waals surface area contributed by atoms with Crippen molar-refractivity contribution >= 4 is 28.3 Å². The number of para-hydroxylation sites is 1. The number of ether oxygens (including phenoxy) is 1. The van der Waals surface area contributed by atoms with Gasteiger partial charge in [0, 0.05) is 11.3 Å². The highest BCUT2D eigenvalue weighted by Crippen LogP contribution is 2.49. The number of benzene rings is 3. The minimum Gasteiger partial charge on any atom is -0.477 e. The van der Waals surface area contributed by atoms with Crippen molar-refractivity contribution < 1.29 is 14.3 Å². The van der Waals surface area contributed by atoms with Gasteiger partial charge in [0.05, 0.1) is 0 Å². The molecule has 146 valence electrons. The highest BCUT2D eigenvalue weighted by atomic mass is 16.5. The lowest BCUT2D eigenvalue weighted by Crippen LogP contribution is -2.80. The van der Waals surface area contributed by atoms with Crippen LogP contribution in [0.2, 0.25) is 0 Å². The van der Waals surface area contributed by atoms with E-state index in [4.69, 9.17) is 4.74 Å². The third kappa shape index (κ3) is 2.04. The van der Waals surface area contributed by atoms with Gasteiger partial charge >= 0.3 is 0 Å². The lowest BCUT2D eigenvalue weighted by Gasteiger charge is -2.52. The van der Waals surface area contributed by atoms with Crippen molar-refractivity contribution in [1.29, 1.82) is 0 Å². The summed E-state index contributed by atoms with van der Waals surface area (Å²) in [7, 11) is 0. The van der Waals surface area contributed by atoms with Crippen molar-refractivity contribution in [3.63, 3.8) is 0 Å². The second-order valence-electron chi connectivity index (χ2n) is 7.26. The van der Waals surface area contributed by atoms with E-state index in [2.05, 4.69) is 15.5 Å². The Morgan fingerprint density at radius 2 is 1.63 bits per heavy atom. The summed E-state index contributed by atoms with van der Waals surface area (Å²) < 4.78 is 7.58. The number of anilines is 1. The lowest BCUT2D eigenvalue weighted by molar-refractivity contribution is -0.153. The standard InChI is InChI=1S/C22H15N5O3/c28-20-19(30-16-10-9-14-5-1-2-6-15(14)11-16)22(27(20)26-12-23-24-13-26)17-7-3-4-8-18(17)25-21(22)29/h1-13,19H,(H,25,29). The highest BCUT2D eigenvalue weighted by molar-refractivity contribution is 6.20. The van der Waals surface area contributed by atoms with Crippen molar-refractivity contribution in [3.05, 3.63) is 84.9 Å². The second-order valence-corrected chi connectivity index (χ2v) is 7.26. The Labute approximate surface area is 170 Å². The van der Waals surface area contributed by atoms with Gasteiger partial charge in [-0.3, -0.25) is 9.59 Å². The van der Waals surface area contributed by atoms with Crippen LogP contribution >= 0.6 is 0 Å². The van der Waals surface area contributed by atoms with Crippen LogP contribution in [0.3, 0.4) is 0 Å². The van der Waals surface area contributed by atoms with Gasteiger partial charge in [0.1, 0.15) is 18.4 Å². The number of nitrogens with one attached hydrogen (secondary N) is 1. The van der Waals surface area contributed by atoms with E-state index in [1.165, 1.54) is 22.3 Å². The number of aromatic nitrogens is 3. The molecule has 1 N–H and O–H groups in total. The summed E-state index contributed by atoms with van der Waals surface area (Å²) >= 11 is 0. The SMILES string of the molecule is O=C1C(Oc2ccc3ccccc3c2)C2(C(=O)Nc3ccccc32)N1n1cnnc1. The first-order valence-corrected chi connectivity index (χ1v) is 9.45. The number of β-lactam (4-membered cyclic amide) rings is 1. The van der Waals surface area contributed by atoms with Crippen LogP contribution in [0.5, 0.6) is 5.75 Å². The summed E-state index contributed by atoms with van der Waals surface area (Å²) in [6.45, 7) is 0. The zero-order valence-corrected chi connectivity index (χ0v) is 15.6. The second kappa shape index (κ2) is 5.90. The molecular formula is C22H15N5O3. The van der Waals surface area contributed by atoms with Crippen LogP contribution in [0.15, 0.2) is 79.4 Å². The van der Waals surface area contributed by atoms with Crippen LogP contribution in [0.1, 0.15) is 5.56 Å². The largest absolute Gasteiger partial charge is 0.477 e. The zero-order valence-electron chi connectivity index (χ0n) is 15.6. The third-order valence-corrected chi connectivity index (χ3v) is 5.69. The van der Waals surface area contributed by atoms with Gasteiger partial charge in [-0.05, 0) is 29.0 Å². The van der Waals surface area contributed by atoms with Crippen molar-refractivity contribution in [2.45, 2.75) is 11.6 Å². The fourth-order valence-corrected chi connectivity index (χ4v) is 4.35. The molecule has 2 amide bonds. The minimum absolute atomic E-state index is 0.331. The van der Waals surface area contributed by atoms with Gasteiger partial charge in [0.25, 0.3) is 11.8 Å². The van der Waals surface area contributed by atoms with Crippen LogP contribution in [0, 0.1) is 0 Å². The molecule has 30 heavy (non-hydrogen) atoms. The first-order chi connectivity index (χ1) is 14.7. The van der Waals surface area contributed by atoms with Gasteiger partial charge in [-0.25, -0.2) is 9.69 Å². The lowest BCUT2D eigenvalue weighted by atomic mass is 9.77. The summed E-state index contributed by atoms with van der Waals surface area (Å²) in [5.41, 5.74) is -0.0175. The van der Waals surface area contributed by atoms with Crippen LogP contribution < -0.4 is 15.1 Å². The molecule has 2 unspecified atom stereocenters. The number of nitrogens with zero attached hydrogens (tertiary/aromatic N) is 4.